The quantitative estimate of drug-likeness (QED) is 0.198. The van der Waals surface area contributed by atoms with Crippen molar-refractivity contribution < 1.29 is 10.2 Å². The molecule has 0 bridgehead atoms. The number of H-pyrrole nitrogens is 1. The maximum Gasteiger partial charge on any atom is 0.305 e. The Bertz CT molecular complexity index is 1160. The van der Waals surface area contributed by atoms with E-state index in [9.17, 15) is 15.0 Å². The maximum absolute atomic E-state index is 11.5. The summed E-state index contributed by atoms with van der Waals surface area (Å²) >= 11 is 1.27. The summed E-state index contributed by atoms with van der Waals surface area (Å²) in [4.78, 5) is 17.0. The Morgan fingerprint density at radius 2 is 1.94 bits per heavy atom. The van der Waals surface area contributed by atoms with Crippen molar-refractivity contribution >= 4 is 21.6 Å². The minimum absolute atomic E-state index is 0.000456. The van der Waals surface area contributed by atoms with Crippen LogP contribution in [0.3, 0.4) is 0 Å². The molecule has 4 N–H and O–H groups in total. The molecule has 35 heavy (non-hydrogen) atoms. The molecule has 0 saturated carbocycles. The predicted molar refractivity (Wildman–Crippen MR) is 145 cm³/mol. The van der Waals surface area contributed by atoms with Crippen LogP contribution in [0, 0.1) is 0 Å². The van der Waals surface area contributed by atoms with E-state index >= 15 is 0 Å². The number of thiazole rings is 1. The molecule has 190 valence electrons. The monoisotopic (exact) mass is 497 g/mol. The highest BCUT2D eigenvalue weighted by atomic mass is 32.1. The van der Waals surface area contributed by atoms with Gasteiger partial charge in [0.25, 0.3) is 0 Å². The fourth-order valence-electron chi connectivity index (χ4n) is 5.31. The van der Waals surface area contributed by atoms with Gasteiger partial charge in [0.2, 0.25) is 0 Å². The summed E-state index contributed by atoms with van der Waals surface area (Å²) in [5.74, 6) is 0.0796. The van der Waals surface area contributed by atoms with Crippen molar-refractivity contribution in [2.45, 2.75) is 70.8 Å². The molecule has 1 unspecified atom stereocenters. The average molecular weight is 498 g/mol. The molecule has 1 aromatic heterocycles. The summed E-state index contributed by atoms with van der Waals surface area (Å²) in [6.07, 6.45) is 9.90. The fraction of sp³-hybridized carbons (Fsp3) is 0.536. The second-order valence-electron chi connectivity index (χ2n) is 9.76. The summed E-state index contributed by atoms with van der Waals surface area (Å²) in [6.45, 7) is 6.51. The third-order valence-corrected chi connectivity index (χ3v) is 8.05. The van der Waals surface area contributed by atoms with Crippen LogP contribution in [0.25, 0.3) is 10.2 Å². The highest BCUT2D eigenvalue weighted by Gasteiger charge is 2.26. The minimum atomic E-state index is -0.000456. The first-order chi connectivity index (χ1) is 17.0. The number of phenolic OH excluding ortho intramolecular Hbond substituents is 2. The molecule has 0 radical (unpaired) electrons. The van der Waals surface area contributed by atoms with E-state index in [4.69, 9.17) is 0 Å². The zero-order chi connectivity index (χ0) is 24.6. The molecule has 0 spiro atoms. The number of hydrogen-bond acceptors (Lipinski definition) is 6. The number of aromatic hydroxyl groups is 2. The Labute approximate surface area is 212 Å². The molecule has 1 heterocycles. The normalized spacial score (nSPS) is 15.7. The highest BCUT2D eigenvalue weighted by molar-refractivity contribution is 7.16. The summed E-state index contributed by atoms with van der Waals surface area (Å²) in [7, 11) is 0. The van der Waals surface area contributed by atoms with Gasteiger partial charge >= 0.3 is 4.87 Å². The molecule has 0 amide bonds. The highest BCUT2D eigenvalue weighted by Crippen LogP contribution is 2.36. The van der Waals surface area contributed by atoms with Crippen LogP contribution in [0.1, 0.15) is 62.1 Å². The number of nitrogens with one attached hydrogen (secondary N) is 2. The van der Waals surface area contributed by atoms with E-state index < -0.39 is 0 Å². The predicted octanol–water partition coefficient (Wildman–Crippen LogP) is 4.96. The Hall–Kier alpha value is -2.35. The van der Waals surface area contributed by atoms with Crippen LogP contribution in [0.4, 0.5) is 0 Å². The van der Waals surface area contributed by atoms with Gasteiger partial charge in [-0.25, -0.2) is 0 Å². The van der Waals surface area contributed by atoms with Crippen molar-refractivity contribution in [2.24, 2.45) is 0 Å². The van der Waals surface area contributed by atoms with Gasteiger partial charge in [0.05, 0.1) is 10.2 Å². The molecule has 1 atom stereocenters. The molecule has 0 fully saturated rings. The topological polar surface area (TPSA) is 88.6 Å². The van der Waals surface area contributed by atoms with E-state index in [0.717, 1.165) is 74.1 Å². The van der Waals surface area contributed by atoms with Gasteiger partial charge in [-0.1, -0.05) is 43.2 Å². The molecule has 1 aliphatic rings. The van der Waals surface area contributed by atoms with Gasteiger partial charge in [-0.15, -0.1) is 0 Å². The molecule has 4 rings (SSSR count). The van der Waals surface area contributed by atoms with Gasteiger partial charge in [-0.3, -0.25) is 4.79 Å². The van der Waals surface area contributed by atoms with Crippen LogP contribution in [0.2, 0.25) is 0 Å². The van der Waals surface area contributed by atoms with Gasteiger partial charge in [0.15, 0.2) is 11.5 Å². The summed E-state index contributed by atoms with van der Waals surface area (Å²) in [6, 6.07) is 10.4. The first-order valence-electron chi connectivity index (χ1n) is 13.1. The lowest BCUT2D eigenvalue weighted by Crippen LogP contribution is -2.40. The largest absolute Gasteiger partial charge is 0.504 e. The van der Waals surface area contributed by atoms with Crippen LogP contribution in [0.5, 0.6) is 11.5 Å². The number of phenols is 2. The van der Waals surface area contributed by atoms with E-state index in [2.05, 4.69) is 34.3 Å². The standard InChI is InChI=1S/C28H39N3O3S/c1-2-16-31(22-9-10-23-21(19-22)8-11-25(32)27(23)33)17-6-4-3-5-14-29-15-13-20-7-12-26-24(18-20)30-28(34)35-26/h7-8,11-12,18,22,29,32-33H,2-6,9-10,13-17,19H2,1H3,(H,30,34). The number of rotatable bonds is 13. The lowest BCUT2D eigenvalue weighted by molar-refractivity contribution is 0.175. The maximum atomic E-state index is 11.5. The molecule has 3 aromatic rings. The molecular weight excluding hydrogens is 458 g/mol. The Morgan fingerprint density at radius 1 is 1.09 bits per heavy atom. The zero-order valence-electron chi connectivity index (χ0n) is 20.8. The van der Waals surface area contributed by atoms with Gasteiger partial charge in [0, 0.05) is 11.6 Å². The third kappa shape index (κ3) is 6.87. The zero-order valence-corrected chi connectivity index (χ0v) is 21.6. The van der Waals surface area contributed by atoms with Crippen molar-refractivity contribution in [3.63, 3.8) is 0 Å². The van der Waals surface area contributed by atoms with Crippen LogP contribution >= 0.6 is 11.3 Å². The number of nitrogens with zero attached hydrogens (tertiary/aromatic N) is 1. The average Bonchev–Trinajstić information content (AvgIpc) is 3.23. The van der Waals surface area contributed by atoms with Crippen molar-refractivity contribution in [2.75, 3.05) is 26.2 Å². The molecule has 2 aromatic carbocycles. The number of hydrogen-bond donors (Lipinski definition) is 4. The third-order valence-electron chi connectivity index (χ3n) is 7.19. The number of benzene rings is 2. The second kappa shape index (κ2) is 12.6. The van der Waals surface area contributed by atoms with Crippen LogP contribution in [0.15, 0.2) is 35.1 Å². The number of unbranched alkanes of at least 4 members (excludes halogenated alkanes) is 3. The van der Waals surface area contributed by atoms with E-state index in [1.54, 1.807) is 6.07 Å². The lowest BCUT2D eigenvalue weighted by atomic mass is 9.86. The van der Waals surface area contributed by atoms with Gasteiger partial charge in [0.1, 0.15) is 0 Å². The fourth-order valence-corrected chi connectivity index (χ4v) is 6.03. The summed E-state index contributed by atoms with van der Waals surface area (Å²) in [5.41, 5.74) is 4.33. The number of aromatic nitrogens is 1. The summed E-state index contributed by atoms with van der Waals surface area (Å²) in [5, 5.41) is 23.5. The summed E-state index contributed by atoms with van der Waals surface area (Å²) < 4.78 is 1.03. The molecule has 7 heteroatoms. The molecule has 0 saturated heterocycles. The first kappa shape index (κ1) is 25.7. The van der Waals surface area contributed by atoms with Crippen molar-refractivity contribution in [1.82, 2.24) is 15.2 Å². The Balaban J connectivity index is 1.11. The van der Waals surface area contributed by atoms with E-state index in [1.165, 1.54) is 48.1 Å². The number of aromatic amines is 1. The van der Waals surface area contributed by atoms with Crippen LogP contribution in [-0.4, -0.2) is 52.3 Å². The van der Waals surface area contributed by atoms with Crippen molar-refractivity contribution in [3.05, 3.63) is 56.7 Å². The number of fused-ring (bicyclic) bond motifs is 2. The van der Waals surface area contributed by atoms with Gasteiger partial charge < -0.3 is 25.4 Å². The molecule has 6 nitrogen and oxygen atoms in total. The smallest absolute Gasteiger partial charge is 0.305 e. The molecule has 1 aliphatic carbocycles. The van der Waals surface area contributed by atoms with E-state index in [0.29, 0.717) is 6.04 Å². The molecule has 0 aliphatic heterocycles. The first-order valence-corrected chi connectivity index (χ1v) is 14.0. The van der Waals surface area contributed by atoms with Gasteiger partial charge in [-0.2, -0.15) is 0 Å². The van der Waals surface area contributed by atoms with E-state index in [-0.39, 0.29) is 16.4 Å². The van der Waals surface area contributed by atoms with Crippen molar-refractivity contribution in [3.8, 4) is 11.5 Å². The van der Waals surface area contributed by atoms with Crippen molar-refractivity contribution in [1.29, 1.82) is 0 Å². The van der Waals surface area contributed by atoms with Crippen LogP contribution < -0.4 is 10.2 Å². The van der Waals surface area contributed by atoms with E-state index in [1.807, 2.05) is 12.1 Å². The lowest BCUT2D eigenvalue weighted by Gasteiger charge is -2.35. The minimum Gasteiger partial charge on any atom is -0.504 e. The second-order valence-corrected chi connectivity index (χ2v) is 10.8. The van der Waals surface area contributed by atoms with Gasteiger partial charge in [-0.05, 0) is 100 Å². The SMILES string of the molecule is CCCN(CCCCCCNCCc1ccc2sc(=O)[nH]c2c1)C1CCc2c(ccc(O)c2O)C1. The Kier molecular flexibility index (Phi) is 9.24. The van der Waals surface area contributed by atoms with Crippen LogP contribution in [-0.2, 0) is 19.3 Å². The Morgan fingerprint density at radius 3 is 2.80 bits per heavy atom. The molecular formula is C28H39N3O3S.